The highest BCUT2D eigenvalue weighted by molar-refractivity contribution is 5.91. The molecular formula is C11H10F2N2O2. The summed E-state index contributed by atoms with van der Waals surface area (Å²) in [6.07, 6.45) is -2.84. The lowest BCUT2D eigenvalue weighted by Gasteiger charge is -2.08. The summed E-state index contributed by atoms with van der Waals surface area (Å²) in [5.74, 6) is -0.731. The van der Waals surface area contributed by atoms with Crippen molar-refractivity contribution < 1.29 is 18.3 Å². The molecule has 17 heavy (non-hydrogen) atoms. The summed E-state index contributed by atoms with van der Waals surface area (Å²) in [5, 5.41) is 8.75. The number of carbonyl (C=O) groups excluding carboxylic acids is 1. The predicted molar refractivity (Wildman–Crippen MR) is 54.6 cm³/mol. The van der Waals surface area contributed by atoms with E-state index in [2.05, 4.69) is 4.98 Å². The molecule has 0 amide bonds. The number of alkyl halides is 2. The van der Waals surface area contributed by atoms with Crippen LogP contribution in [0.4, 0.5) is 8.78 Å². The first kappa shape index (κ1) is 13.0. The Morgan fingerprint density at radius 1 is 1.65 bits per heavy atom. The smallest absolute Gasteiger partial charge is 0.338 e. The lowest BCUT2D eigenvalue weighted by Crippen LogP contribution is -2.10. The third-order valence-corrected chi connectivity index (χ3v) is 2.12. The molecule has 1 rings (SSSR count). The van der Waals surface area contributed by atoms with E-state index in [0.29, 0.717) is 0 Å². The number of nitriles is 1. The molecule has 0 saturated heterocycles. The van der Waals surface area contributed by atoms with Crippen LogP contribution in [0, 0.1) is 18.3 Å². The van der Waals surface area contributed by atoms with Crippen molar-refractivity contribution >= 4 is 5.97 Å². The molecule has 1 aromatic heterocycles. The molecule has 0 N–H and O–H groups in total. The standard InChI is InChI=1S/C11H10F2N2O2/c1-3-17-11(16)7-4-8(10(12)13)15-9(5-14)6(7)2/h4,10H,3H2,1-2H3. The lowest BCUT2D eigenvalue weighted by molar-refractivity contribution is 0.0524. The van der Waals surface area contributed by atoms with Crippen LogP contribution >= 0.6 is 0 Å². The molecule has 0 aromatic carbocycles. The molecule has 1 heterocycles. The van der Waals surface area contributed by atoms with Crippen LogP contribution in [0.3, 0.4) is 0 Å². The number of pyridine rings is 1. The fraction of sp³-hybridized carbons (Fsp3) is 0.364. The molecular weight excluding hydrogens is 230 g/mol. The van der Waals surface area contributed by atoms with Crippen LogP contribution < -0.4 is 0 Å². The number of rotatable bonds is 3. The highest BCUT2D eigenvalue weighted by Crippen LogP contribution is 2.22. The van der Waals surface area contributed by atoms with Crippen molar-refractivity contribution in [3.8, 4) is 6.07 Å². The molecule has 0 saturated carbocycles. The van der Waals surface area contributed by atoms with Gasteiger partial charge in [0.25, 0.3) is 6.43 Å². The van der Waals surface area contributed by atoms with Crippen LogP contribution in [0.15, 0.2) is 6.07 Å². The zero-order valence-corrected chi connectivity index (χ0v) is 9.33. The van der Waals surface area contributed by atoms with Gasteiger partial charge in [0.1, 0.15) is 17.5 Å². The molecule has 6 heteroatoms. The Kier molecular flexibility index (Phi) is 4.10. The van der Waals surface area contributed by atoms with Crippen molar-refractivity contribution in [1.82, 2.24) is 4.98 Å². The van der Waals surface area contributed by atoms with E-state index < -0.39 is 18.1 Å². The number of aromatic nitrogens is 1. The first-order chi connectivity index (χ1) is 8.01. The minimum absolute atomic E-state index is 0.0475. The zero-order chi connectivity index (χ0) is 13.0. The van der Waals surface area contributed by atoms with Crippen molar-refractivity contribution in [2.45, 2.75) is 20.3 Å². The Labute approximate surface area is 96.8 Å². The van der Waals surface area contributed by atoms with Crippen molar-refractivity contribution in [2.75, 3.05) is 6.61 Å². The highest BCUT2D eigenvalue weighted by atomic mass is 19.3. The van der Waals surface area contributed by atoms with E-state index in [4.69, 9.17) is 10.00 Å². The lowest BCUT2D eigenvalue weighted by atomic mass is 10.1. The molecule has 0 unspecified atom stereocenters. The van der Waals surface area contributed by atoms with Crippen LogP contribution in [-0.4, -0.2) is 17.6 Å². The van der Waals surface area contributed by atoms with Gasteiger partial charge in [-0.3, -0.25) is 0 Å². The summed E-state index contributed by atoms with van der Waals surface area (Å²) < 4.78 is 29.8. The Morgan fingerprint density at radius 3 is 2.76 bits per heavy atom. The van der Waals surface area contributed by atoms with E-state index in [-0.39, 0.29) is 23.4 Å². The molecule has 4 nitrogen and oxygen atoms in total. The normalized spacial score (nSPS) is 10.1. The number of esters is 1. The van der Waals surface area contributed by atoms with Gasteiger partial charge in [-0.2, -0.15) is 5.26 Å². The second kappa shape index (κ2) is 5.34. The molecule has 0 bridgehead atoms. The van der Waals surface area contributed by atoms with Crippen LogP contribution in [0.25, 0.3) is 0 Å². The van der Waals surface area contributed by atoms with E-state index in [1.165, 1.54) is 6.92 Å². The second-order valence-electron chi connectivity index (χ2n) is 3.20. The summed E-state index contributed by atoms with van der Waals surface area (Å²) >= 11 is 0. The SMILES string of the molecule is CCOC(=O)c1cc(C(F)F)nc(C#N)c1C. The number of ether oxygens (including phenoxy) is 1. The van der Waals surface area contributed by atoms with Gasteiger partial charge in [0.05, 0.1) is 12.2 Å². The molecule has 0 aliphatic carbocycles. The molecule has 0 aliphatic rings. The van der Waals surface area contributed by atoms with Gasteiger partial charge in [0.2, 0.25) is 0 Å². The van der Waals surface area contributed by atoms with Crippen LogP contribution in [0.1, 0.15) is 40.7 Å². The minimum Gasteiger partial charge on any atom is -0.462 e. The van der Waals surface area contributed by atoms with E-state index >= 15 is 0 Å². The predicted octanol–water partition coefficient (Wildman–Crippen LogP) is 2.38. The van der Waals surface area contributed by atoms with Crippen LogP contribution in [-0.2, 0) is 4.74 Å². The molecule has 0 atom stereocenters. The highest BCUT2D eigenvalue weighted by Gasteiger charge is 2.19. The number of nitrogens with zero attached hydrogens (tertiary/aromatic N) is 2. The number of hydrogen-bond donors (Lipinski definition) is 0. The topological polar surface area (TPSA) is 63.0 Å². The molecule has 0 fully saturated rings. The van der Waals surface area contributed by atoms with Gasteiger partial charge >= 0.3 is 5.97 Å². The minimum atomic E-state index is -2.84. The quantitative estimate of drug-likeness (QED) is 0.761. The van der Waals surface area contributed by atoms with Gasteiger partial charge in [0, 0.05) is 5.56 Å². The van der Waals surface area contributed by atoms with Crippen molar-refractivity contribution in [1.29, 1.82) is 5.26 Å². The van der Waals surface area contributed by atoms with Gasteiger partial charge in [-0.15, -0.1) is 0 Å². The zero-order valence-electron chi connectivity index (χ0n) is 9.33. The number of hydrogen-bond acceptors (Lipinski definition) is 4. The first-order valence-corrected chi connectivity index (χ1v) is 4.88. The van der Waals surface area contributed by atoms with E-state index in [1.807, 2.05) is 0 Å². The number of halogens is 2. The van der Waals surface area contributed by atoms with E-state index in [0.717, 1.165) is 6.07 Å². The van der Waals surface area contributed by atoms with Crippen molar-refractivity contribution in [3.63, 3.8) is 0 Å². The largest absolute Gasteiger partial charge is 0.462 e. The summed E-state index contributed by atoms with van der Waals surface area (Å²) in [4.78, 5) is 15.0. The van der Waals surface area contributed by atoms with Crippen LogP contribution in [0.2, 0.25) is 0 Å². The van der Waals surface area contributed by atoms with E-state index in [9.17, 15) is 13.6 Å². The average Bonchev–Trinajstić information content (AvgIpc) is 2.29. The van der Waals surface area contributed by atoms with Gasteiger partial charge in [0.15, 0.2) is 0 Å². The van der Waals surface area contributed by atoms with Crippen LogP contribution in [0.5, 0.6) is 0 Å². The second-order valence-corrected chi connectivity index (χ2v) is 3.20. The Bertz CT molecular complexity index is 481. The molecule has 1 aromatic rings. The van der Waals surface area contributed by atoms with Gasteiger partial charge in [-0.1, -0.05) is 0 Å². The Hall–Kier alpha value is -2.03. The maximum atomic E-state index is 12.5. The summed E-state index contributed by atoms with van der Waals surface area (Å²) in [6, 6.07) is 2.63. The fourth-order valence-corrected chi connectivity index (χ4v) is 1.27. The van der Waals surface area contributed by atoms with Gasteiger partial charge in [-0.05, 0) is 19.9 Å². The summed E-state index contributed by atoms with van der Waals surface area (Å²) in [5.41, 5.74) is -0.592. The maximum Gasteiger partial charge on any atom is 0.338 e. The first-order valence-electron chi connectivity index (χ1n) is 4.88. The average molecular weight is 240 g/mol. The third-order valence-electron chi connectivity index (χ3n) is 2.12. The Balaban J connectivity index is 3.33. The molecule has 0 aliphatic heterocycles. The number of carbonyl (C=O) groups is 1. The van der Waals surface area contributed by atoms with Crippen molar-refractivity contribution in [3.05, 3.63) is 28.6 Å². The monoisotopic (exact) mass is 240 g/mol. The van der Waals surface area contributed by atoms with Crippen molar-refractivity contribution in [2.24, 2.45) is 0 Å². The summed E-state index contributed by atoms with van der Waals surface area (Å²) in [7, 11) is 0. The van der Waals surface area contributed by atoms with Gasteiger partial charge < -0.3 is 4.74 Å². The molecule has 0 spiro atoms. The Morgan fingerprint density at radius 2 is 2.29 bits per heavy atom. The van der Waals surface area contributed by atoms with Gasteiger partial charge in [-0.25, -0.2) is 18.6 Å². The fourth-order valence-electron chi connectivity index (χ4n) is 1.27. The van der Waals surface area contributed by atoms with E-state index in [1.54, 1.807) is 13.0 Å². The maximum absolute atomic E-state index is 12.5. The third kappa shape index (κ3) is 2.75. The summed E-state index contributed by atoms with van der Waals surface area (Å²) in [6.45, 7) is 3.20. The molecule has 0 radical (unpaired) electrons. The molecule has 90 valence electrons.